The average molecular weight is 485 g/mol. The third kappa shape index (κ3) is 3.32. The van der Waals surface area contributed by atoms with Crippen LogP contribution in [0.1, 0.15) is 16.7 Å². The second-order valence-corrected chi connectivity index (χ2v) is 9.56. The summed E-state index contributed by atoms with van der Waals surface area (Å²) < 4.78 is 1.62. The van der Waals surface area contributed by atoms with E-state index in [2.05, 4.69) is 10.1 Å². The Morgan fingerprint density at radius 2 is 1.68 bits per heavy atom. The topological polar surface area (TPSA) is 67.6 Å². The van der Waals surface area contributed by atoms with Crippen molar-refractivity contribution in [1.29, 1.82) is 0 Å². The predicted molar refractivity (Wildman–Crippen MR) is 134 cm³/mol. The quantitative estimate of drug-likeness (QED) is 0.384. The van der Waals surface area contributed by atoms with Crippen molar-refractivity contribution < 1.29 is 4.79 Å². The van der Waals surface area contributed by atoms with Gasteiger partial charge in [-0.05, 0) is 42.8 Å². The first kappa shape index (κ1) is 20.8. The third-order valence-corrected chi connectivity index (χ3v) is 7.15. The maximum Gasteiger partial charge on any atom is 0.291 e. The van der Waals surface area contributed by atoms with Crippen molar-refractivity contribution in [2.75, 3.05) is 4.90 Å². The lowest BCUT2D eigenvalue weighted by atomic mass is 10.1. The number of fused-ring (bicyclic) bond motifs is 2. The zero-order chi connectivity index (χ0) is 23.4. The molecule has 166 valence electrons. The van der Waals surface area contributed by atoms with Gasteiger partial charge in [-0.15, -0.1) is 5.10 Å². The summed E-state index contributed by atoms with van der Waals surface area (Å²) in [5.74, 6) is 0.247. The average Bonchev–Trinajstić information content (AvgIpc) is 3.47. The number of aryl methyl sites for hydroxylation is 1. The van der Waals surface area contributed by atoms with Gasteiger partial charge in [0.25, 0.3) is 11.5 Å². The maximum atomic E-state index is 13.6. The second-order valence-electron chi connectivity index (χ2n) is 8.14. The molecule has 3 aromatic carbocycles. The summed E-state index contributed by atoms with van der Waals surface area (Å²) in [6, 6.07) is 22.8. The Morgan fingerprint density at radius 3 is 2.41 bits per heavy atom. The van der Waals surface area contributed by atoms with Crippen LogP contribution in [-0.2, 0) is 11.3 Å². The van der Waals surface area contributed by atoms with E-state index in [0.29, 0.717) is 32.5 Å². The highest BCUT2D eigenvalue weighted by molar-refractivity contribution is 7.15. The fourth-order valence-corrected chi connectivity index (χ4v) is 5.26. The van der Waals surface area contributed by atoms with Crippen molar-refractivity contribution in [3.8, 4) is 11.4 Å². The summed E-state index contributed by atoms with van der Waals surface area (Å²) in [4.78, 5) is 33.6. The molecule has 0 radical (unpaired) electrons. The summed E-state index contributed by atoms with van der Waals surface area (Å²) >= 11 is 7.15. The van der Waals surface area contributed by atoms with Gasteiger partial charge in [0.2, 0.25) is 4.96 Å². The van der Waals surface area contributed by atoms with Gasteiger partial charge in [-0.1, -0.05) is 71.0 Å². The van der Waals surface area contributed by atoms with Crippen molar-refractivity contribution >= 4 is 45.1 Å². The van der Waals surface area contributed by atoms with Crippen LogP contribution in [0.4, 0.5) is 5.69 Å². The minimum atomic E-state index is -0.344. The van der Waals surface area contributed by atoms with Crippen LogP contribution in [0.2, 0.25) is 5.02 Å². The molecule has 0 unspecified atom stereocenters. The van der Waals surface area contributed by atoms with Crippen LogP contribution in [0.15, 0.2) is 77.6 Å². The SMILES string of the molecule is Cc1ccc(CN2C(=O)C(=c3sc4nc(-c5ccc(Cl)cc5)nn4c3=O)c3ccccc32)cc1. The van der Waals surface area contributed by atoms with Crippen LogP contribution in [0, 0.1) is 6.92 Å². The maximum absolute atomic E-state index is 13.6. The molecule has 0 N–H and O–H groups in total. The van der Waals surface area contributed by atoms with Crippen LogP contribution in [0.5, 0.6) is 0 Å². The third-order valence-electron chi connectivity index (χ3n) is 5.87. The van der Waals surface area contributed by atoms with E-state index in [4.69, 9.17) is 11.6 Å². The van der Waals surface area contributed by atoms with Crippen molar-refractivity contribution in [2.45, 2.75) is 13.5 Å². The molecule has 1 amide bonds. The number of hydrogen-bond donors (Lipinski definition) is 0. The van der Waals surface area contributed by atoms with E-state index < -0.39 is 0 Å². The summed E-state index contributed by atoms with van der Waals surface area (Å²) in [6.45, 7) is 2.45. The Labute approximate surface area is 203 Å². The first-order valence-electron chi connectivity index (χ1n) is 10.7. The van der Waals surface area contributed by atoms with Crippen molar-refractivity contribution in [1.82, 2.24) is 14.6 Å². The number of carbonyl (C=O) groups is 1. The van der Waals surface area contributed by atoms with Gasteiger partial charge in [-0.25, -0.2) is 0 Å². The van der Waals surface area contributed by atoms with E-state index in [0.717, 1.165) is 27.9 Å². The van der Waals surface area contributed by atoms with Crippen molar-refractivity contribution in [3.63, 3.8) is 0 Å². The van der Waals surface area contributed by atoms with Crippen LogP contribution in [0.3, 0.4) is 0 Å². The summed E-state index contributed by atoms with van der Waals surface area (Å²) in [5, 5.41) is 5.01. The molecule has 34 heavy (non-hydrogen) atoms. The number of anilines is 1. The second kappa shape index (κ2) is 7.90. The lowest BCUT2D eigenvalue weighted by Gasteiger charge is -2.17. The molecule has 2 aromatic heterocycles. The highest BCUT2D eigenvalue weighted by atomic mass is 35.5. The number of benzene rings is 3. The standard InChI is InChI=1S/C26H17ClN4O2S/c1-15-6-8-16(9-7-15)14-30-20-5-3-2-4-19(20)21(24(30)32)22-25(33)31-26(34-22)28-23(29-31)17-10-12-18(27)13-11-17/h2-13H,14H2,1H3. The lowest BCUT2D eigenvalue weighted by Crippen LogP contribution is -2.32. The van der Waals surface area contributed by atoms with E-state index in [-0.39, 0.29) is 11.5 Å². The highest BCUT2D eigenvalue weighted by Gasteiger charge is 2.34. The van der Waals surface area contributed by atoms with Gasteiger partial charge in [0.1, 0.15) is 4.53 Å². The fraction of sp³-hybridized carbons (Fsp3) is 0.0769. The molecular formula is C26H17ClN4O2S. The number of nitrogens with zero attached hydrogens (tertiary/aromatic N) is 4. The minimum Gasteiger partial charge on any atom is -0.303 e. The number of carbonyl (C=O) groups excluding carboxylic acids is 1. The number of halogens is 1. The summed E-state index contributed by atoms with van der Waals surface area (Å²) in [7, 11) is 0. The molecule has 0 saturated heterocycles. The molecule has 0 fully saturated rings. The predicted octanol–water partition coefficient (Wildman–Crippen LogP) is 4.24. The molecule has 0 saturated carbocycles. The van der Waals surface area contributed by atoms with Crippen molar-refractivity contribution in [2.24, 2.45) is 0 Å². The smallest absolute Gasteiger partial charge is 0.291 e. The molecule has 1 aliphatic rings. The Morgan fingerprint density at radius 1 is 0.941 bits per heavy atom. The molecule has 8 heteroatoms. The Kier molecular flexibility index (Phi) is 4.83. The van der Waals surface area contributed by atoms with Gasteiger partial charge in [0.15, 0.2) is 5.82 Å². The number of hydrogen-bond acceptors (Lipinski definition) is 5. The molecule has 1 aliphatic heterocycles. The van der Waals surface area contributed by atoms with E-state index in [1.807, 2.05) is 67.6 Å². The van der Waals surface area contributed by atoms with E-state index >= 15 is 0 Å². The van der Waals surface area contributed by atoms with E-state index in [9.17, 15) is 9.59 Å². The number of amides is 1. The molecule has 3 heterocycles. The molecule has 0 atom stereocenters. The van der Waals surface area contributed by atoms with Gasteiger partial charge in [-0.2, -0.15) is 9.50 Å². The summed E-state index contributed by atoms with van der Waals surface area (Å²) in [6.07, 6.45) is 0. The first-order valence-corrected chi connectivity index (χ1v) is 11.9. The lowest BCUT2D eigenvalue weighted by molar-refractivity contribution is -0.113. The van der Waals surface area contributed by atoms with Crippen LogP contribution in [-0.4, -0.2) is 20.5 Å². The molecule has 6 rings (SSSR count). The van der Waals surface area contributed by atoms with Gasteiger partial charge >= 0.3 is 0 Å². The van der Waals surface area contributed by atoms with Gasteiger partial charge in [0, 0.05) is 16.1 Å². The number of rotatable bonds is 3. The molecular weight excluding hydrogens is 468 g/mol. The fourth-order valence-electron chi connectivity index (χ4n) is 4.14. The Bertz CT molecular complexity index is 1690. The van der Waals surface area contributed by atoms with Gasteiger partial charge in [0.05, 0.1) is 17.8 Å². The number of para-hydroxylation sites is 1. The van der Waals surface area contributed by atoms with Crippen molar-refractivity contribution in [3.05, 3.63) is 109 Å². The molecule has 0 bridgehead atoms. The van der Waals surface area contributed by atoms with E-state index in [1.54, 1.807) is 17.0 Å². The zero-order valence-electron chi connectivity index (χ0n) is 18.0. The Hall–Kier alpha value is -3.81. The van der Waals surface area contributed by atoms with Crippen LogP contribution < -0.4 is 15.0 Å². The largest absolute Gasteiger partial charge is 0.303 e. The summed E-state index contributed by atoms with van der Waals surface area (Å²) in [5.41, 5.74) is 4.55. The number of thiazole rings is 1. The van der Waals surface area contributed by atoms with Crippen LogP contribution >= 0.6 is 22.9 Å². The van der Waals surface area contributed by atoms with Crippen LogP contribution in [0.25, 0.3) is 21.9 Å². The molecule has 0 spiro atoms. The number of aromatic nitrogens is 3. The van der Waals surface area contributed by atoms with Gasteiger partial charge in [-0.3, -0.25) is 9.59 Å². The minimum absolute atomic E-state index is 0.193. The zero-order valence-corrected chi connectivity index (χ0v) is 19.6. The first-order chi connectivity index (χ1) is 16.5. The molecule has 0 aliphatic carbocycles. The Balaban J connectivity index is 1.48. The van der Waals surface area contributed by atoms with Gasteiger partial charge < -0.3 is 4.90 Å². The normalized spacial score (nSPS) is 14.8. The van der Waals surface area contributed by atoms with E-state index in [1.165, 1.54) is 15.9 Å². The molecule has 5 aromatic rings. The molecule has 6 nitrogen and oxygen atoms in total. The highest BCUT2D eigenvalue weighted by Crippen LogP contribution is 2.36. The monoisotopic (exact) mass is 484 g/mol.